The number of hydrogen-bond acceptors (Lipinski definition) is 4. The monoisotopic (exact) mass is 458 g/mol. The number of carbonyl (C=O) groups excluding carboxylic acids is 3. The van der Waals surface area contributed by atoms with Crippen LogP contribution in [0.5, 0.6) is 0 Å². The van der Waals surface area contributed by atoms with Crippen LogP contribution in [0.15, 0.2) is 46.9 Å². The molecule has 2 aromatic rings. The Bertz CT molecular complexity index is 899. The van der Waals surface area contributed by atoms with E-state index in [1.54, 1.807) is 23.5 Å². The number of nitrogens with one attached hydrogen (secondary N) is 2. The van der Waals surface area contributed by atoms with E-state index in [0.717, 1.165) is 22.2 Å². The van der Waals surface area contributed by atoms with Crippen molar-refractivity contribution in [2.24, 2.45) is 0 Å². The largest absolute Gasteiger partial charge is 0.471 e. The lowest BCUT2D eigenvalue weighted by atomic mass is 10.2. The van der Waals surface area contributed by atoms with Crippen LogP contribution in [-0.4, -0.2) is 30.6 Å². The first-order valence-electron chi connectivity index (χ1n) is 7.77. The summed E-state index contributed by atoms with van der Waals surface area (Å²) in [4.78, 5) is 34.6. The Morgan fingerprint density at radius 2 is 1.61 bits per heavy atom. The normalized spacial score (nSPS) is 10.9. The number of benzene rings is 2. The van der Waals surface area contributed by atoms with Crippen LogP contribution < -0.4 is 10.6 Å². The molecule has 0 heterocycles. The molecule has 0 saturated carbocycles. The predicted octanol–water partition coefficient (Wildman–Crippen LogP) is 4.05. The van der Waals surface area contributed by atoms with E-state index < -0.39 is 30.6 Å². The molecule has 0 aliphatic heterocycles. The number of esters is 1. The maximum atomic E-state index is 12.2. The highest BCUT2D eigenvalue weighted by Crippen LogP contribution is 2.20. The Morgan fingerprint density at radius 3 is 2.18 bits per heavy atom. The number of hydrogen-bond donors (Lipinski definition) is 2. The van der Waals surface area contributed by atoms with Gasteiger partial charge in [-0.3, -0.25) is 9.59 Å². The summed E-state index contributed by atoms with van der Waals surface area (Å²) in [6.45, 7) is 1.31. The Balaban J connectivity index is 1.87. The summed E-state index contributed by atoms with van der Waals surface area (Å²) in [5.41, 5.74) is 1.32. The number of amides is 2. The highest BCUT2D eigenvalue weighted by molar-refractivity contribution is 9.10. The van der Waals surface area contributed by atoms with E-state index in [0.29, 0.717) is 5.69 Å². The van der Waals surface area contributed by atoms with E-state index in [-0.39, 0.29) is 11.3 Å². The van der Waals surface area contributed by atoms with Crippen LogP contribution >= 0.6 is 15.9 Å². The predicted molar refractivity (Wildman–Crippen MR) is 98.9 cm³/mol. The molecule has 2 aromatic carbocycles. The molecule has 0 aliphatic carbocycles. The van der Waals surface area contributed by atoms with Crippen LogP contribution in [0.3, 0.4) is 0 Å². The quantitative estimate of drug-likeness (QED) is 0.661. The number of aryl methyl sites for hydroxylation is 1. The third kappa shape index (κ3) is 6.08. The Hall–Kier alpha value is -2.88. The molecule has 0 aliphatic rings. The molecule has 28 heavy (non-hydrogen) atoms. The van der Waals surface area contributed by atoms with Gasteiger partial charge in [0.15, 0.2) is 6.61 Å². The average molecular weight is 459 g/mol. The van der Waals surface area contributed by atoms with E-state index in [1.165, 1.54) is 12.1 Å². The summed E-state index contributed by atoms with van der Waals surface area (Å²) in [6.07, 6.45) is -5.02. The zero-order chi connectivity index (χ0) is 20.9. The van der Waals surface area contributed by atoms with Gasteiger partial charge in [-0.25, -0.2) is 4.79 Å². The fourth-order valence-corrected chi connectivity index (χ4v) is 2.27. The van der Waals surface area contributed by atoms with E-state index in [2.05, 4.69) is 21.2 Å². The number of alkyl halides is 3. The summed E-state index contributed by atoms with van der Waals surface area (Å²) in [5, 5.41) is 4.22. The lowest BCUT2D eigenvalue weighted by Gasteiger charge is -2.09. The van der Waals surface area contributed by atoms with Crippen molar-refractivity contribution in [1.29, 1.82) is 0 Å². The topological polar surface area (TPSA) is 84.5 Å². The number of halogens is 4. The van der Waals surface area contributed by atoms with Gasteiger partial charge in [0, 0.05) is 15.8 Å². The van der Waals surface area contributed by atoms with Crippen LogP contribution in [0, 0.1) is 6.92 Å². The Kier molecular flexibility index (Phi) is 6.79. The molecule has 0 fully saturated rings. The summed E-state index contributed by atoms with van der Waals surface area (Å²) >= 11 is 3.34. The molecule has 0 spiro atoms. The molecule has 0 bridgehead atoms. The Morgan fingerprint density at radius 1 is 1.00 bits per heavy atom. The first kappa shape index (κ1) is 21.4. The zero-order valence-electron chi connectivity index (χ0n) is 14.4. The molecule has 0 radical (unpaired) electrons. The summed E-state index contributed by atoms with van der Waals surface area (Å²) in [7, 11) is 0. The van der Waals surface area contributed by atoms with E-state index in [4.69, 9.17) is 4.74 Å². The minimum Gasteiger partial charge on any atom is -0.452 e. The standard InChI is InChI=1S/C18H14BrF3N2O4/c1-10-8-13(6-7-14(10)19)23-15(25)9-28-16(26)11-2-4-12(5-3-11)24-17(27)18(20,21)22/h2-8H,9H2,1H3,(H,23,25)(H,24,27). The molecule has 0 aromatic heterocycles. The van der Waals surface area contributed by atoms with Crippen LogP contribution in [0.25, 0.3) is 0 Å². The maximum Gasteiger partial charge on any atom is 0.471 e. The second kappa shape index (κ2) is 8.87. The highest BCUT2D eigenvalue weighted by atomic mass is 79.9. The molecule has 0 atom stereocenters. The van der Waals surface area contributed by atoms with Crippen LogP contribution in [0.1, 0.15) is 15.9 Å². The molecule has 10 heteroatoms. The lowest BCUT2D eigenvalue weighted by molar-refractivity contribution is -0.167. The van der Waals surface area contributed by atoms with Crippen molar-refractivity contribution < 1.29 is 32.3 Å². The van der Waals surface area contributed by atoms with Gasteiger partial charge in [-0.1, -0.05) is 15.9 Å². The zero-order valence-corrected chi connectivity index (χ0v) is 16.0. The minimum atomic E-state index is -5.02. The van der Waals surface area contributed by atoms with E-state index in [9.17, 15) is 27.6 Å². The van der Waals surface area contributed by atoms with Crippen LogP contribution in [-0.2, 0) is 14.3 Å². The van der Waals surface area contributed by atoms with Crippen LogP contribution in [0.2, 0.25) is 0 Å². The lowest BCUT2D eigenvalue weighted by Crippen LogP contribution is -2.29. The second-order valence-electron chi connectivity index (χ2n) is 5.62. The van der Waals surface area contributed by atoms with Gasteiger partial charge in [-0.2, -0.15) is 13.2 Å². The van der Waals surface area contributed by atoms with Crippen molar-refractivity contribution in [1.82, 2.24) is 0 Å². The van der Waals surface area contributed by atoms with Crippen molar-refractivity contribution >= 4 is 45.1 Å². The van der Waals surface area contributed by atoms with Gasteiger partial charge in [0.1, 0.15) is 0 Å². The van der Waals surface area contributed by atoms with E-state index >= 15 is 0 Å². The fourth-order valence-electron chi connectivity index (χ4n) is 2.03. The minimum absolute atomic E-state index is 0.0114. The van der Waals surface area contributed by atoms with Crippen molar-refractivity contribution in [3.8, 4) is 0 Å². The third-order valence-electron chi connectivity index (χ3n) is 3.41. The van der Waals surface area contributed by atoms with E-state index in [1.807, 2.05) is 6.92 Å². The molecular weight excluding hydrogens is 445 g/mol. The van der Waals surface area contributed by atoms with Gasteiger partial charge < -0.3 is 15.4 Å². The third-order valence-corrected chi connectivity index (χ3v) is 4.30. The molecular formula is C18H14BrF3N2O4. The van der Waals surface area contributed by atoms with Gasteiger partial charge in [0.2, 0.25) is 0 Å². The van der Waals surface area contributed by atoms with Crippen molar-refractivity contribution in [3.05, 3.63) is 58.1 Å². The molecule has 0 unspecified atom stereocenters. The van der Waals surface area contributed by atoms with Gasteiger partial charge in [0.25, 0.3) is 5.91 Å². The Labute approximate surface area is 166 Å². The number of ether oxygens (including phenoxy) is 1. The van der Waals surface area contributed by atoms with Crippen molar-refractivity contribution in [3.63, 3.8) is 0 Å². The average Bonchev–Trinajstić information content (AvgIpc) is 2.62. The molecule has 0 saturated heterocycles. The number of carbonyl (C=O) groups is 3. The summed E-state index contributed by atoms with van der Waals surface area (Å²) < 4.78 is 42.3. The smallest absolute Gasteiger partial charge is 0.452 e. The first-order chi connectivity index (χ1) is 13.1. The summed E-state index contributed by atoms with van der Waals surface area (Å²) in [6, 6.07) is 9.74. The van der Waals surface area contributed by atoms with Gasteiger partial charge in [-0.15, -0.1) is 0 Å². The molecule has 148 valence electrons. The molecule has 2 N–H and O–H groups in total. The number of anilines is 2. The maximum absolute atomic E-state index is 12.2. The van der Waals surface area contributed by atoms with Crippen molar-refractivity contribution in [2.45, 2.75) is 13.1 Å². The van der Waals surface area contributed by atoms with Crippen molar-refractivity contribution in [2.75, 3.05) is 17.2 Å². The highest BCUT2D eigenvalue weighted by Gasteiger charge is 2.38. The first-order valence-corrected chi connectivity index (χ1v) is 8.57. The fraction of sp³-hybridized carbons (Fsp3) is 0.167. The molecule has 2 amide bonds. The molecule has 6 nitrogen and oxygen atoms in total. The number of rotatable bonds is 5. The summed E-state index contributed by atoms with van der Waals surface area (Å²) in [5.74, 6) is -3.51. The van der Waals surface area contributed by atoms with Gasteiger partial charge in [0.05, 0.1) is 5.56 Å². The second-order valence-corrected chi connectivity index (χ2v) is 6.47. The SMILES string of the molecule is Cc1cc(NC(=O)COC(=O)c2ccc(NC(=O)C(F)(F)F)cc2)ccc1Br. The van der Waals surface area contributed by atoms with Gasteiger partial charge >= 0.3 is 18.1 Å². The van der Waals surface area contributed by atoms with Gasteiger partial charge in [-0.05, 0) is 55.0 Å². The molecule has 2 rings (SSSR count). The van der Waals surface area contributed by atoms with Crippen LogP contribution in [0.4, 0.5) is 24.5 Å².